The molecule has 0 aliphatic rings. The molecule has 0 N–H and O–H groups in total. The van der Waals surface area contributed by atoms with E-state index in [9.17, 15) is 61.5 Å². The number of alkyl halides is 14. The lowest BCUT2D eigenvalue weighted by Crippen LogP contribution is -2.50. The van der Waals surface area contributed by atoms with Gasteiger partial charge in [0.25, 0.3) is 0 Å². The Hall–Kier alpha value is -2.88. The van der Waals surface area contributed by atoms with Gasteiger partial charge in [0.05, 0.1) is 0 Å². The topological polar surface area (TPSA) is 18.5 Å². The molecule has 0 aromatic heterocycles. The summed E-state index contributed by atoms with van der Waals surface area (Å²) in [5.41, 5.74) is -15.0. The van der Waals surface area contributed by atoms with Crippen molar-refractivity contribution in [3.8, 4) is 11.5 Å². The number of hydrogen-bond donors (Lipinski definition) is 0. The first-order valence-electron chi connectivity index (χ1n) is 8.67. The number of benzene rings is 2. The molecular formula is C18H8BF14O2. The molecule has 0 bridgehead atoms. The highest BCUT2D eigenvalue weighted by Crippen LogP contribution is 2.54. The molecule has 35 heavy (non-hydrogen) atoms. The lowest BCUT2D eigenvalue weighted by molar-refractivity contribution is -0.349. The van der Waals surface area contributed by atoms with Crippen LogP contribution in [0.15, 0.2) is 48.5 Å². The summed E-state index contributed by atoms with van der Waals surface area (Å²) >= 11 is 0. The van der Waals surface area contributed by atoms with Gasteiger partial charge in [0.2, 0.25) is 0 Å². The van der Waals surface area contributed by atoms with E-state index >= 15 is 0 Å². The van der Waals surface area contributed by atoms with Crippen LogP contribution in [0.25, 0.3) is 0 Å². The van der Waals surface area contributed by atoms with E-state index in [1.165, 1.54) is 0 Å². The average Bonchev–Trinajstić information content (AvgIpc) is 2.70. The van der Waals surface area contributed by atoms with Gasteiger partial charge in [-0.25, -0.2) is 8.78 Å². The van der Waals surface area contributed by atoms with E-state index in [1.54, 1.807) is 0 Å². The molecule has 0 atom stereocenters. The van der Waals surface area contributed by atoms with Crippen molar-refractivity contribution in [2.24, 2.45) is 0 Å². The van der Waals surface area contributed by atoms with E-state index in [-0.39, 0.29) is 24.3 Å². The molecule has 2 aromatic rings. The van der Waals surface area contributed by atoms with Crippen LogP contribution in [0.4, 0.5) is 61.5 Å². The van der Waals surface area contributed by atoms with E-state index in [0.29, 0.717) is 32.0 Å². The second-order valence-corrected chi connectivity index (χ2v) is 6.69. The Morgan fingerprint density at radius 3 is 0.829 bits per heavy atom. The quantitative estimate of drug-likeness (QED) is 0.288. The Bertz CT molecular complexity index is 881. The molecule has 1 radical (unpaired) electrons. The van der Waals surface area contributed by atoms with Crippen molar-refractivity contribution in [3.05, 3.63) is 59.7 Å². The Kier molecular flexibility index (Phi) is 7.27. The van der Waals surface area contributed by atoms with Crippen LogP contribution in [0, 0.1) is 0 Å². The smallest absolute Gasteiger partial charge is 0.526 e. The second-order valence-electron chi connectivity index (χ2n) is 6.69. The molecule has 17 heteroatoms. The minimum atomic E-state index is -6.34. The van der Waals surface area contributed by atoms with Crippen molar-refractivity contribution < 1.29 is 70.8 Å². The number of hydrogen-bond acceptors (Lipinski definition) is 2. The van der Waals surface area contributed by atoms with Gasteiger partial charge < -0.3 is 9.31 Å². The molecule has 0 amide bonds. The lowest BCUT2D eigenvalue weighted by Gasteiger charge is -2.30. The fraction of sp³-hybridized carbons (Fsp3) is 0.333. The molecule has 0 spiro atoms. The Balaban J connectivity index is 2.11. The summed E-state index contributed by atoms with van der Waals surface area (Å²) in [7, 11) is 0.344. The van der Waals surface area contributed by atoms with Crippen LogP contribution in [0.5, 0.6) is 11.5 Å². The van der Waals surface area contributed by atoms with Crippen molar-refractivity contribution in [2.75, 3.05) is 0 Å². The maximum absolute atomic E-state index is 13.9. The number of rotatable bonds is 6. The van der Waals surface area contributed by atoms with Crippen LogP contribution in [-0.4, -0.2) is 32.4 Å². The van der Waals surface area contributed by atoms with Crippen LogP contribution in [0.1, 0.15) is 11.1 Å². The zero-order chi connectivity index (χ0) is 27.1. The Labute approximate surface area is 186 Å². The highest BCUT2D eigenvalue weighted by atomic mass is 19.4. The monoisotopic (exact) mass is 533 g/mol. The lowest BCUT2D eigenvalue weighted by atomic mass is 9.94. The van der Waals surface area contributed by atoms with E-state index < -0.39 is 58.7 Å². The third-order valence-electron chi connectivity index (χ3n) is 4.44. The van der Waals surface area contributed by atoms with E-state index in [1.807, 2.05) is 0 Å². The van der Waals surface area contributed by atoms with Gasteiger partial charge >= 0.3 is 43.7 Å². The maximum atomic E-state index is 13.9. The molecule has 2 aromatic carbocycles. The minimum absolute atomic E-state index is 0.119. The molecule has 0 saturated heterocycles. The molecule has 0 fully saturated rings. The standard InChI is InChI=1S/C18H8BF14O2/c20-13(15(22,23)24,16(25,26)27)9-1-5-11(6-2-9)34-19-35-12-7-3-10(4-8-12)14(21,17(28,29)30)18(31,32)33/h1-8H. The van der Waals surface area contributed by atoms with Gasteiger partial charge in [-0.05, 0) is 24.3 Å². The van der Waals surface area contributed by atoms with Gasteiger partial charge in [-0.3, -0.25) is 0 Å². The predicted octanol–water partition coefficient (Wildman–Crippen LogP) is 7.26. The SMILES string of the molecule is FC(F)(F)C(F)(c1ccc(O[B]Oc2ccc(C(F)(C(F)(F)F)C(F)(F)F)cc2)cc1)C(F)(F)F. The maximum Gasteiger partial charge on any atom is 0.658 e. The summed E-state index contributed by atoms with van der Waals surface area (Å²) < 4.78 is 190. The molecule has 0 heterocycles. The summed E-state index contributed by atoms with van der Waals surface area (Å²) in [4.78, 5) is 0. The molecule has 0 aliphatic carbocycles. The first kappa shape index (κ1) is 28.4. The van der Waals surface area contributed by atoms with Crippen LogP contribution in [0.3, 0.4) is 0 Å². The third kappa shape index (κ3) is 5.22. The van der Waals surface area contributed by atoms with Crippen LogP contribution < -0.4 is 9.31 Å². The summed E-state index contributed by atoms with van der Waals surface area (Å²) in [6.07, 6.45) is -25.4. The van der Waals surface area contributed by atoms with Crippen molar-refractivity contribution >= 4 is 7.69 Å². The minimum Gasteiger partial charge on any atom is -0.526 e. The van der Waals surface area contributed by atoms with Crippen molar-refractivity contribution in [1.82, 2.24) is 0 Å². The molecule has 0 unspecified atom stereocenters. The van der Waals surface area contributed by atoms with Crippen molar-refractivity contribution in [1.29, 1.82) is 0 Å². The van der Waals surface area contributed by atoms with Gasteiger partial charge in [0.1, 0.15) is 11.5 Å². The van der Waals surface area contributed by atoms with Crippen LogP contribution in [-0.2, 0) is 11.3 Å². The molecule has 0 saturated carbocycles. The number of halogens is 14. The normalized spacial score (nSPS) is 14.0. The zero-order valence-electron chi connectivity index (χ0n) is 16.3. The van der Waals surface area contributed by atoms with Gasteiger partial charge in [0, 0.05) is 11.1 Å². The molecule has 2 nitrogen and oxygen atoms in total. The highest BCUT2D eigenvalue weighted by Gasteiger charge is 2.74. The largest absolute Gasteiger partial charge is 0.658 e. The molecule has 0 aliphatic heterocycles. The van der Waals surface area contributed by atoms with Gasteiger partial charge in [-0.1, -0.05) is 24.3 Å². The average molecular weight is 533 g/mol. The van der Waals surface area contributed by atoms with Gasteiger partial charge in [-0.2, -0.15) is 52.7 Å². The molecule has 2 rings (SSSR count). The third-order valence-corrected chi connectivity index (χ3v) is 4.44. The Morgan fingerprint density at radius 1 is 0.400 bits per heavy atom. The summed E-state index contributed by atoms with van der Waals surface area (Å²) in [5, 5.41) is 0. The molecule has 193 valence electrons. The summed E-state index contributed by atoms with van der Waals surface area (Å²) in [6, 6.07) is 2.45. The summed E-state index contributed by atoms with van der Waals surface area (Å²) in [5.74, 6) is -0.983. The van der Waals surface area contributed by atoms with Gasteiger partial charge in [-0.15, -0.1) is 0 Å². The fourth-order valence-electron chi connectivity index (χ4n) is 2.64. The Morgan fingerprint density at radius 2 is 0.629 bits per heavy atom. The predicted molar refractivity (Wildman–Crippen MR) is 89.7 cm³/mol. The summed E-state index contributed by atoms with van der Waals surface area (Å²) in [6.45, 7) is 0. The van der Waals surface area contributed by atoms with E-state index in [4.69, 9.17) is 0 Å². The second kappa shape index (κ2) is 8.97. The highest BCUT2D eigenvalue weighted by molar-refractivity contribution is 6.20. The van der Waals surface area contributed by atoms with Crippen molar-refractivity contribution in [3.63, 3.8) is 0 Å². The fourth-order valence-corrected chi connectivity index (χ4v) is 2.64. The first-order valence-corrected chi connectivity index (χ1v) is 8.67. The van der Waals surface area contributed by atoms with E-state index in [0.717, 1.165) is 0 Å². The molecular weight excluding hydrogens is 525 g/mol. The van der Waals surface area contributed by atoms with E-state index in [2.05, 4.69) is 9.31 Å². The van der Waals surface area contributed by atoms with Crippen molar-refractivity contribution in [2.45, 2.75) is 36.0 Å². The van der Waals surface area contributed by atoms with Gasteiger partial charge in [0.15, 0.2) is 0 Å². The van der Waals surface area contributed by atoms with Crippen LogP contribution in [0.2, 0.25) is 0 Å². The zero-order valence-corrected chi connectivity index (χ0v) is 16.3. The first-order chi connectivity index (χ1) is 15.7. The van der Waals surface area contributed by atoms with Crippen LogP contribution >= 0.6 is 0 Å².